The SMILES string of the molecule is CNC(=O)c1ccccc1Nc1cc(Nc2ccc(F)cc2OC)ncc1C(F)(F)F. The van der Waals surface area contributed by atoms with Crippen molar-refractivity contribution in [2.75, 3.05) is 24.8 Å². The Hall–Kier alpha value is -3.82. The van der Waals surface area contributed by atoms with Gasteiger partial charge < -0.3 is 20.7 Å². The first kappa shape index (κ1) is 21.9. The molecule has 0 aliphatic carbocycles. The van der Waals surface area contributed by atoms with E-state index in [9.17, 15) is 22.4 Å². The summed E-state index contributed by atoms with van der Waals surface area (Å²) in [6.07, 6.45) is -4.02. The van der Waals surface area contributed by atoms with Crippen molar-refractivity contribution in [1.82, 2.24) is 10.3 Å². The number of alkyl halides is 3. The Morgan fingerprint density at radius 2 is 1.74 bits per heavy atom. The van der Waals surface area contributed by atoms with Crippen LogP contribution in [-0.2, 0) is 6.18 Å². The van der Waals surface area contributed by atoms with Gasteiger partial charge in [-0.1, -0.05) is 12.1 Å². The minimum absolute atomic E-state index is 0.0535. The Kier molecular flexibility index (Phi) is 6.28. The summed E-state index contributed by atoms with van der Waals surface area (Å²) in [6.45, 7) is 0. The number of nitrogens with one attached hydrogen (secondary N) is 3. The molecule has 0 aliphatic heterocycles. The third-order valence-corrected chi connectivity index (χ3v) is 4.30. The molecule has 6 nitrogen and oxygen atoms in total. The van der Waals surface area contributed by atoms with E-state index in [1.54, 1.807) is 12.1 Å². The highest BCUT2D eigenvalue weighted by molar-refractivity contribution is 6.00. The summed E-state index contributed by atoms with van der Waals surface area (Å²) >= 11 is 0. The molecule has 3 rings (SSSR count). The van der Waals surface area contributed by atoms with Crippen LogP contribution < -0.4 is 20.7 Å². The Balaban J connectivity index is 2.02. The van der Waals surface area contributed by atoms with Gasteiger partial charge in [0.1, 0.15) is 17.4 Å². The summed E-state index contributed by atoms with van der Waals surface area (Å²) in [5.41, 5.74) is -0.667. The molecule has 0 aliphatic rings. The largest absolute Gasteiger partial charge is 0.494 e. The molecule has 2 aromatic carbocycles. The average Bonchev–Trinajstić information content (AvgIpc) is 2.74. The Labute approximate surface area is 175 Å². The first-order valence-electron chi connectivity index (χ1n) is 8.99. The number of carbonyl (C=O) groups is 1. The lowest BCUT2D eigenvalue weighted by Gasteiger charge is -2.18. The fraction of sp³-hybridized carbons (Fsp3) is 0.143. The molecule has 31 heavy (non-hydrogen) atoms. The van der Waals surface area contributed by atoms with E-state index >= 15 is 0 Å². The number of amides is 1. The second-order valence-corrected chi connectivity index (χ2v) is 6.33. The van der Waals surface area contributed by atoms with Crippen LogP contribution >= 0.6 is 0 Å². The summed E-state index contributed by atoms with van der Waals surface area (Å²) in [6, 6.07) is 11.0. The van der Waals surface area contributed by atoms with Crippen molar-refractivity contribution < 1.29 is 27.1 Å². The average molecular weight is 434 g/mol. The number of rotatable bonds is 6. The van der Waals surface area contributed by atoms with Crippen LogP contribution in [-0.4, -0.2) is 25.0 Å². The molecule has 0 atom stereocenters. The van der Waals surface area contributed by atoms with Crippen LogP contribution in [0.2, 0.25) is 0 Å². The topological polar surface area (TPSA) is 75.3 Å². The molecule has 0 spiro atoms. The number of aromatic nitrogens is 1. The molecule has 0 saturated heterocycles. The van der Waals surface area contributed by atoms with Crippen molar-refractivity contribution in [3.63, 3.8) is 0 Å². The number of anilines is 4. The zero-order chi connectivity index (χ0) is 22.6. The standard InChI is InChI=1S/C21H18F4N4O2/c1-26-20(30)13-5-3-4-6-15(13)28-17-10-19(27-11-14(17)21(23,24)25)29-16-8-7-12(22)9-18(16)31-2/h3-11H,1-2H3,(H,26,30)(H2,27,28,29). The van der Waals surface area contributed by atoms with Crippen molar-refractivity contribution in [2.24, 2.45) is 0 Å². The predicted molar refractivity (Wildman–Crippen MR) is 109 cm³/mol. The number of methoxy groups -OCH3 is 1. The maximum absolute atomic E-state index is 13.6. The molecule has 10 heteroatoms. The maximum Gasteiger partial charge on any atom is 0.419 e. The molecule has 0 radical (unpaired) electrons. The van der Waals surface area contributed by atoms with Gasteiger partial charge in [0.05, 0.1) is 35.3 Å². The first-order chi connectivity index (χ1) is 14.7. The quantitative estimate of drug-likeness (QED) is 0.471. The number of hydrogen-bond donors (Lipinski definition) is 3. The number of benzene rings is 2. The number of hydrogen-bond acceptors (Lipinski definition) is 5. The molecule has 3 N–H and O–H groups in total. The second kappa shape index (κ2) is 8.90. The summed E-state index contributed by atoms with van der Waals surface area (Å²) in [4.78, 5) is 15.9. The van der Waals surface area contributed by atoms with Crippen LogP contribution in [0.15, 0.2) is 54.7 Å². The molecule has 1 amide bonds. The number of halogens is 4. The van der Waals surface area contributed by atoms with E-state index in [1.807, 2.05) is 0 Å². The normalized spacial score (nSPS) is 11.0. The molecule has 1 aromatic heterocycles. The molecular formula is C21H18F4N4O2. The van der Waals surface area contributed by atoms with Gasteiger partial charge in [0.15, 0.2) is 0 Å². The lowest BCUT2D eigenvalue weighted by Crippen LogP contribution is -2.19. The lowest BCUT2D eigenvalue weighted by molar-refractivity contribution is -0.137. The molecule has 1 heterocycles. The van der Waals surface area contributed by atoms with Crippen LogP contribution in [0.5, 0.6) is 5.75 Å². The smallest absolute Gasteiger partial charge is 0.419 e. The molecular weight excluding hydrogens is 416 g/mol. The minimum Gasteiger partial charge on any atom is -0.494 e. The molecule has 0 fully saturated rings. The van der Waals surface area contributed by atoms with E-state index in [0.29, 0.717) is 11.9 Å². The number of para-hydroxylation sites is 1. The first-order valence-corrected chi connectivity index (χ1v) is 8.99. The maximum atomic E-state index is 13.6. The van der Waals surface area contributed by atoms with Crippen LogP contribution in [0.3, 0.4) is 0 Å². The molecule has 3 aromatic rings. The fourth-order valence-electron chi connectivity index (χ4n) is 2.83. The Morgan fingerprint density at radius 3 is 2.42 bits per heavy atom. The van der Waals surface area contributed by atoms with Crippen molar-refractivity contribution in [3.8, 4) is 5.75 Å². The number of carbonyl (C=O) groups excluding carboxylic acids is 1. The summed E-state index contributed by atoms with van der Waals surface area (Å²) in [5, 5.41) is 7.93. The van der Waals surface area contributed by atoms with E-state index in [2.05, 4.69) is 20.9 Å². The Bertz CT molecular complexity index is 1100. The van der Waals surface area contributed by atoms with Gasteiger partial charge in [-0.2, -0.15) is 13.2 Å². The summed E-state index contributed by atoms with van der Waals surface area (Å²) in [7, 11) is 2.76. The third-order valence-electron chi connectivity index (χ3n) is 4.30. The van der Waals surface area contributed by atoms with E-state index in [4.69, 9.17) is 4.74 Å². The molecule has 0 unspecified atom stereocenters. The van der Waals surface area contributed by atoms with E-state index in [0.717, 1.165) is 12.1 Å². The van der Waals surface area contributed by atoms with Gasteiger partial charge in [0.2, 0.25) is 0 Å². The van der Waals surface area contributed by atoms with Crippen LogP contribution in [0.25, 0.3) is 0 Å². The number of pyridine rings is 1. The van der Waals surface area contributed by atoms with Gasteiger partial charge in [-0.15, -0.1) is 0 Å². The highest BCUT2D eigenvalue weighted by Crippen LogP contribution is 2.38. The second-order valence-electron chi connectivity index (χ2n) is 6.33. The molecule has 0 bridgehead atoms. The predicted octanol–water partition coefficient (Wildman–Crippen LogP) is 5.09. The van der Waals surface area contributed by atoms with Gasteiger partial charge in [-0.25, -0.2) is 9.37 Å². The highest BCUT2D eigenvalue weighted by atomic mass is 19.4. The van der Waals surface area contributed by atoms with Gasteiger partial charge in [-0.05, 0) is 24.3 Å². The van der Waals surface area contributed by atoms with Crippen LogP contribution in [0.4, 0.5) is 40.4 Å². The van der Waals surface area contributed by atoms with Gasteiger partial charge >= 0.3 is 6.18 Å². The van der Waals surface area contributed by atoms with Crippen molar-refractivity contribution in [1.29, 1.82) is 0 Å². The van der Waals surface area contributed by atoms with Crippen LogP contribution in [0, 0.1) is 5.82 Å². The molecule has 162 valence electrons. The number of ether oxygens (including phenoxy) is 1. The monoisotopic (exact) mass is 434 g/mol. The van der Waals surface area contributed by atoms with E-state index < -0.39 is 23.5 Å². The fourth-order valence-corrected chi connectivity index (χ4v) is 2.83. The summed E-state index contributed by atoms with van der Waals surface area (Å²) < 4.78 is 59.2. The van der Waals surface area contributed by atoms with Crippen molar-refractivity contribution in [2.45, 2.75) is 6.18 Å². The number of nitrogens with zero attached hydrogens (tertiary/aromatic N) is 1. The van der Waals surface area contributed by atoms with Gasteiger partial charge in [-0.3, -0.25) is 4.79 Å². The van der Waals surface area contributed by atoms with Crippen molar-refractivity contribution >= 4 is 28.8 Å². The highest BCUT2D eigenvalue weighted by Gasteiger charge is 2.34. The van der Waals surface area contributed by atoms with E-state index in [1.165, 1.54) is 38.4 Å². The van der Waals surface area contributed by atoms with Crippen LogP contribution in [0.1, 0.15) is 15.9 Å². The zero-order valence-electron chi connectivity index (χ0n) is 16.5. The summed E-state index contributed by atoms with van der Waals surface area (Å²) in [5.74, 6) is -0.782. The zero-order valence-corrected chi connectivity index (χ0v) is 16.5. The third kappa shape index (κ3) is 5.03. The van der Waals surface area contributed by atoms with Crippen molar-refractivity contribution in [3.05, 3.63) is 71.7 Å². The Morgan fingerprint density at radius 1 is 1.00 bits per heavy atom. The molecule has 0 saturated carbocycles. The minimum atomic E-state index is -4.69. The van der Waals surface area contributed by atoms with Gasteiger partial charge in [0.25, 0.3) is 5.91 Å². The van der Waals surface area contributed by atoms with Gasteiger partial charge in [0, 0.05) is 25.4 Å². The van der Waals surface area contributed by atoms with E-state index in [-0.39, 0.29) is 28.5 Å². The lowest BCUT2D eigenvalue weighted by atomic mass is 10.1.